The van der Waals surface area contributed by atoms with E-state index < -0.39 is 0 Å². The van der Waals surface area contributed by atoms with Crippen LogP contribution in [-0.2, 0) is 6.42 Å². The van der Waals surface area contributed by atoms with Crippen molar-refractivity contribution >= 4 is 5.82 Å². The number of benzene rings is 1. The van der Waals surface area contributed by atoms with Gasteiger partial charge in [-0.15, -0.1) is 0 Å². The van der Waals surface area contributed by atoms with Gasteiger partial charge >= 0.3 is 0 Å². The van der Waals surface area contributed by atoms with Gasteiger partial charge in [0, 0.05) is 5.69 Å². The molecule has 0 bridgehead atoms. The van der Waals surface area contributed by atoms with Crippen LogP contribution in [0.4, 0.5) is 5.82 Å². The molecule has 0 spiro atoms. The fourth-order valence-electron chi connectivity index (χ4n) is 3.15. The van der Waals surface area contributed by atoms with Crippen LogP contribution in [0.1, 0.15) is 46.8 Å². The first-order chi connectivity index (χ1) is 10.2. The predicted octanol–water partition coefficient (Wildman–Crippen LogP) is 4.06. The van der Waals surface area contributed by atoms with Crippen molar-refractivity contribution in [1.82, 2.24) is 4.98 Å². The van der Waals surface area contributed by atoms with E-state index in [1.165, 1.54) is 17.5 Å². The van der Waals surface area contributed by atoms with Gasteiger partial charge in [-0.1, -0.05) is 24.3 Å². The van der Waals surface area contributed by atoms with E-state index in [9.17, 15) is 5.26 Å². The Hall–Kier alpha value is -2.34. The highest BCUT2D eigenvalue weighted by molar-refractivity contribution is 5.57. The van der Waals surface area contributed by atoms with Gasteiger partial charge in [0.1, 0.15) is 11.9 Å². The normalized spacial score (nSPS) is 16.9. The van der Waals surface area contributed by atoms with Crippen LogP contribution in [0, 0.1) is 25.2 Å². The second-order valence-electron chi connectivity index (χ2n) is 5.70. The first kappa shape index (κ1) is 13.6. The Kier molecular flexibility index (Phi) is 3.62. The number of aromatic nitrogens is 1. The van der Waals surface area contributed by atoms with Crippen LogP contribution in [0.3, 0.4) is 0 Å². The van der Waals surface area contributed by atoms with Gasteiger partial charge in [0.05, 0.1) is 11.6 Å². The highest BCUT2D eigenvalue weighted by Gasteiger charge is 2.21. The maximum absolute atomic E-state index is 9.38. The van der Waals surface area contributed by atoms with Crippen LogP contribution in [0.15, 0.2) is 30.3 Å². The average Bonchev–Trinajstić information content (AvgIpc) is 2.47. The molecular formula is C18H19N3. The number of hydrogen-bond donors (Lipinski definition) is 1. The molecule has 1 aromatic heterocycles. The zero-order valence-electron chi connectivity index (χ0n) is 12.5. The number of aryl methyl sites for hydroxylation is 3. The summed E-state index contributed by atoms with van der Waals surface area (Å²) in [5.74, 6) is 0.719. The SMILES string of the molecule is Cc1cc(C)c(C#N)c(NC2CCCc3ccccc32)n1. The smallest absolute Gasteiger partial charge is 0.144 e. The van der Waals surface area contributed by atoms with Crippen molar-refractivity contribution in [2.45, 2.75) is 39.2 Å². The molecule has 1 aliphatic carbocycles. The molecule has 3 rings (SSSR count). The van der Waals surface area contributed by atoms with Gasteiger partial charge in [-0.05, 0) is 55.9 Å². The Morgan fingerprint density at radius 1 is 1.29 bits per heavy atom. The number of pyridine rings is 1. The van der Waals surface area contributed by atoms with E-state index >= 15 is 0 Å². The molecule has 3 heteroatoms. The number of nitrogens with one attached hydrogen (secondary N) is 1. The lowest BCUT2D eigenvalue weighted by atomic mass is 9.87. The fraction of sp³-hybridized carbons (Fsp3) is 0.333. The predicted molar refractivity (Wildman–Crippen MR) is 84.2 cm³/mol. The van der Waals surface area contributed by atoms with Crippen molar-refractivity contribution in [3.63, 3.8) is 0 Å². The van der Waals surface area contributed by atoms with Crippen LogP contribution < -0.4 is 5.32 Å². The van der Waals surface area contributed by atoms with Crippen LogP contribution in [-0.4, -0.2) is 4.98 Å². The molecule has 1 aromatic carbocycles. The molecule has 1 aliphatic rings. The Morgan fingerprint density at radius 3 is 2.90 bits per heavy atom. The lowest BCUT2D eigenvalue weighted by Gasteiger charge is -2.27. The third-order valence-electron chi connectivity index (χ3n) is 4.14. The van der Waals surface area contributed by atoms with E-state index in [1.54, 1.807) is 0 Å². The first-order valence-corrected chi connectivity index (χ1v) is 7.41. The minimum atomic E-state index is 0.246. The molecule has 0 saturated carbocycles. The number of fused-ring (bicyclic) bond motifs is 1. The van der Waals surface area contributed by atoms with Gasteiger partial charge in [0.2, 0.25) is 0 Å². The van der Waals surface area contributed by atoms with Crippen LogP contribution in [0.25, 0.3) is 0 Å². The highest BCUT2D eigenvalue weighted by Crippen LogP contribution is 2.33. The summed E-state index contributed by atoms with van der Waals surface area (Å²) >= 11 is 0. The number of nitrogens with zero attached hydrogens (tertiary/aromatic N) is 2. The molecule has 0 saturated heterocycles. The van der Waals surface area contributed by atoms with Crippen LogP contribution in [0.2, 0.25) is 0 Å². The van der Waals surface area contributed by atoms with E-state index in [-0.39, 0.29) is 6.04 Å². The number of rotatable bonds is 2. The third kappa shape index (κ3) is 2.62. The maximum Gasteiger partial charge on any atom is 0.144 e. The van der Waals surface area contributed by atoms with Gasteiger partial charge in [-0.2, -0.15) is 5.26 Å². The van der Waals surface area contributed by atoms with Crippen molar-refractivity contribution in [2.24, 2.45) is 0 Å². The molecule has 106 valence electrons. The Morgan fingerprint density at radius 2 is 2.10 bits per heavy atom. The topological polar surface area (TPSA) is 48.7 Å². The van der Waals surface area contributed by atoms with Gasteiger partial charge in [0.25, 0.3) is 0 Å². The van der Waals surface area contributed by atoms with E-state index in [4.69, 9.17) is 0 Å². The van der Waals surface area contributed by atoms with Crippen LogP contribution in [0.5, 0.6) is 0 Å². The Bertz CT molecular complexity index is 713. The maximum atomic E-state index is 9.38. The quantitative estimate of drug-likeness (QED) is 0.900. The van der Waals surface area contributed by atoms with E-state index in [0.29, 0.717) is 5.56 Å². The van der Waals surface area contributed by atoms with Crippen molar-refractivity contribution in [2.75, 3.05) is 5.32 Å². The van der Waals surface area contributed by atoms with Crippen LogP contribution >= 0.6 is 0 Å². The average molecular weight is 277 g/mol. The first-order valence-electron chi connectivity index (χ1n) is 7.41. The molecule has 1 unspecified atom stereocenters. The lowest BCUT2D eigenvalue weighted by Crippen LogP contribution is -2.19. The van der Waals surface area contributed by atoms with Crippen molar-refractivity contribution in [3.05, 3.63) is 58.3 Å². The zero-order valence-corrected chi connectivity index (χ0v) is 12.5. The number of hydrogen-bond acceptors (Lipinski definition) is 3. The van der Waals surface area contributed by atoms with Gasteiger partial charge in [-0.25, -0.2) is 4.98 Å². The van der Waals surface area contributed by atoms with Gasteiger partial charge in [-0.3, -0.25) is 0 Å². The number of nitriles is 1. The monoisotopic (exact) mass is 277 g/mol. The molecule has 0 radical (unpaired) electrons. The Labute approximate surface area is 125 Å². The summed E-state index contributed by atoms with van der Waals surface area (Å²) < 4.78 is 0. The standard InChI is InChI=1S/C18H19N3/c1-12-10-13(2)20-18(16(12)11-19)21-17-9-5-7-14-6-3-4-8-15(14)17/h3-4,6,8,10,17H,5,7,9H2,1-2H3,(H,20,21). The molecule has 3 nitrogen and oxygen atoms in total. The summed E-state index contributed by atoms with van der Waals surface area (Å²) in [5.41, 5.74) is 5.33. The summed E-state index contributed by atoms with van der Waals surface area (Å²) in [7, 11) is 0. The molecule has 1 N–H and O–H groups in total. The van der Waals surface area contributed by atoms with E-state index in [2.05, 4.69) is 40.6 Å². The summed E-state index contributed by atoms with van der Waals surface area (Å²) in [6.45, 7) is 3.93. The minimum Gasteiger partial charge on any atom is -0.362 e. The molecule has 0 aliphatic heterocycles. The summed E-state index contributed by atoms with van der Waals surface area (Å²) in [6.07, 6.45) is 3.39. The molecule has 1 atom stereocenters. The van der Waals surface area contributed by atoms with Crippen molar-refractivity contribution in [1.29, 1.82) is 5.26 Å². The highest BCUT2D eigenvalue weighted by atomic mass is 15.0. The zero-order chi connectivity index (χ0) is 14.8. The third-order valence-corrected chi connectivity index (χ3v) is 4.14. The molecule has 21 heavy (non-hydrogen) atoms. The van der Waals surface area contributed by atoms with E-state index in [0.717, 1.165) is 29.9 Å². The summed E-state index contributed by atoms with van der Waals surface area (Å²) in [6, 6.07) is 13.0. The molecule has 0 amide bonds. The van der Waals surface area contributed by atoms with Crippen molar-refractivity contribution in [3.8, 4) is 6.07 Å². The second-order valence-corrected chi connectivity index (χ2v) is 5.70. The number of anilines is 1. The minimum absolute atomic E-state index is 0.246. The lowest BCUT2D eigenvalue weighted by molar-refractivity contribution is 0.598. The second kappa shape index (κ2) is 5.57. The van der Waals surface area contributed by atoms with Crippen molar-refractivity contribution < 1.29 is 0 Å². The molecule has 2 aromatic rings. The fourth-order valence-corrected chi connectivity index (χ4v) is 3.15. The molecule has 0 fully saturated rings. The van der Waals surface area contributed by atoms with E-state index in [1.807, 2.05) is 19.9 Å². The summed E-state index contributed by atoms with van der Waals surface area (Å²) in [5, 5.41) is 12.9. The summed E-state index contributed by atoms with van der Waals surface area (Å²) in [4.78, 5) is 4.54. The molecule has 1 heterocycles. The Balaban J connectivity index is 1.97. The molecular weight excluding hydrogens is 258 g/mol. The largest absolute Gasteiger partial charge is 0.362 e. The van der Waals surface area contributed by atoms with Gasteiger partial charge in [0.15, 0.2) is 0 Å². The van der Waals surface area contributed by atoms with Gasteiger partial charge < -0.3 is 5.32 Å².